The predicted octanol–water partition coefficient (Wildman–Crippen LogP) is 2.41. The van der Waals surface area contributed by atoms with Gasteiger partial charge in [0.15, 0.2) is 0 Å². The number of carbonyl (C=O) groups excluding carboxylic acids is 1. The number of allylic oxidation sites excluding steroid dienone is 2. The highest BCUT2D eigenvalue weighted by molar-refractivity contribution is 5.65. The zero-order valence-electron chi connectivity index (χ0n) is 8.48. The van der Waals surface area contributed by atoms with Gasteiger partial charge >= 0.3 is 0 Å². The first-order valence-electron chi connectivity index (χ1n) is 4.78. The Kier molecular flexibility index (Phi) is 6.68. The largest absolute Gasteiger partial charge is 0.382 e. The average Bonchev–Trinajstić information content (AvgIpc) is 2.22. The van der Waals surface area contributed by atoms with Gasteiger partial charge in [0.2, 0.25) is 0 Å². The SMILES string of the molecule is C=CCCCCC(O)(C=C)/C=C/C=O. The maximum absolute atomic E-state index is 10.1. The van der Waals surface area contributed by atoms with Crippen molar-refractivity contribution in [2.75, 3.05) is 0 Å². The highest BCUT2D eigenvalue weighted by Crippen LogP contribution is 2.17. The molecule has 78 valence electrons. The molecule has 0 aromatic carbocycles. The molecule has 0 aliphatic rings. The molecule has 1 atom stereocenters. The monoisotopic (exact) mass is 194 g/mol. The Morgan fingerprint density at radius 1 is 1.29 bits per heavy atom. The van der Waals surface area contributed by atoms with Crippen LogP contribution in [0.25, 0.3) is 0 Å². The van der Waals surface area contributed by atoms with Gasteiger partial charge in [-0.1, -0.05) is 18.7 Å². The molecular formula is C12H18O2. The van der Waals surface area contributed by atoms with Crippen LogP contribution in [0.1, 0.15) is 25.7 Å². The van der Waals surface area contributed by atoms with E-state index in [1.54, 1.807) is 0 Å². The number of unbranched alkanes of at least 4 members (excludes halogenated alkanes) is 2. The molecule has 0 saturated carbocycles. The van der Waals surface area contributed by atoms with Crippen molar-refractivity contribution in [1.29, 1.82) is 0 Å². The third-order valence-electron chi connectivity index (χ3n) is 2.05. The van der Waals surface area contributed by atoms with Crippen LogP contribution in [0.15, 0.2) is 37.5 Å². The zero-order chi connectivity index (χ0) is 10.9. The van der Waals surface area contributed by atoms with Gasteiger partial charge in [-0.2, -0.15) is 0 Å². The molecule has 14 heavy (non-hydrogen) atoms. The van der Waals surface area contributed by atoms with Gasteiger partial charge in [-0.15, -0.1) is 6.58 Å². The van der Waals surface area contributed by atoms with Gasteiger partial charge < -0.3 is 5.11 Å². The Morgan fingerprint density at radius 2 is 2.00 bits per heavy atom. The first-order valence-corrected chi connectivity index (χ1v) is 4.78. The first-order chi connectivity index (χ1) is 6.68. The van der Waals surface area contributed by atoms with Gasteiger partial charge in [0, 0.05) is 0 Å². The van der Waals surface area contributed by atoms with Gasteiger partial charge in [0.05, 0.1) is 0 Å². The van der Waals surface area contributed by atoms with Crippen molar-refractivity contribution < 1.29 is 9.90 Å². The maximum atomic E-state index is 10.1. The van der Waals surface area contributed by atoms with Crippen LogP contribution in [0, 0.1) is 0 Å². The standard InChI is InChI=1S/C12H18O2/c1-3-5-6-7-9-12(14,4-2)10-8-11-13/h3-4,8,10-11,14H,1-2,5-7,9H2/b10-8+. The third kappa shape index (κ3) is 5.49. The topological polar surface area (TPSA) is 37.3 Å². The van der Waals surface area contributed by atoms with Crippen LogP contribution in [0.5, 0.6) is 0 Å². The van der Waals surface area contributed by atoms with E-state index in [-0.39, 0.29) is 0 Å². The Hall–Kier alpha value is -1.15. The van der Waals surface area contributed by atoms with Gasteiger partial charge in [0.1, 0.15) is 11.9 Å². The van der Waals surface area contributed by atoms with Crippen LogP contribution >= 0.6 is 0 Å². The molecular weight excluding hydrogens is 176 g/mol. The Labute approximate surface area is 85.6 Å². The number of aliphatic hydroxyl groups is 1. The van der Waals surface area contributed by atoms with Crippen molar-refractivity contribution in [3.8, 4) is 0 Å². The third-order valence-corrected chi connectivity index (χ3v) is 2.05. The summed E-state index contributed by atoms with van der Waals surface area (Å²) in [5, 5.41) is 9.86. The fourth-order valence-corrected chi connectivity index (χ4v) is 1.16. The lowest BCUT2D eigenvalue weighted by Crippen LogP contribution is -2.22. The molecule has 0 radical (unpaired) electrons. The van der Waals surface area contributed by atoms with Crippen molar-refractivity contribution in [3.63, 3.8) is 0 Å². The minimum Gasteiger partial charge on any atom is -0.382 e. The summed E-state index contributed by atoms with van der Waals surface area (Å²) in [6.45, 7) is 7.17. The average molecular weight is 194 g/mol. The van der Waals surface area contributed by atoms with E-state index in [9.17, 15) is 9.90 Å². The van der Waals surface area contributed by atoms with Gasteiger partial charge in [-0.3, -0.25) is 4.79 Å². The fourth-order valence-electron chi connectivity index (χ4n) is 1.16. The second-order valence-corrected chi connectivity index (χ2v) is 3.23. The lowest BCUT2D eigenvalue weighted by atomic mass is 9.96. The van der Waals surface area contributed by atoms with Crippen LogP contribution in [0.4, 0.5) is 0 Å². The highest BCUT2D eigenvalue weighted by Gasteiger charge is 2.17. The smallest absolute Gasteiger partial charge is 0.142 e. The molecule has 0 rings (SSSR count). The number of hydrogen-bond donors (Lipinski definition) is 1. The van der Waals surface area contributed by atoms with Crippen molar-refractivity contribution >= 4 is 6.29 Å². The fraction of sp³-hybridized carbons (Fsp3) is 0.417. The molecule has 1 unspecified atom stereocenters. The number of hydrogen-bond acceptors (Lipinski definition) is 2. The van der Waals surface area contributed by atoms with Crippen LogP contribution < -0.4 is 0 Å². The molecule has 0 spiro atoms. The number of carbonyl (C=O) groups is 1. The van der Waals surface area contributed by atoms with Crippen molar-refractivity contribution in [2.24, 2.45) is 0 Å². The minimum atomic E-state index is -1.04. The summed E-state index contributed by atoms with van der Waals surface area (Å²) in [4.78, 5) is 10.1. The van der Waals surface area contributed by atoms with E-state index in [0.29, 0.717) is 12.7 Å². The van der Waals surface area contributed by atoms with E-state index in [0.717, 1.165) is 19.3 Å². The van der Waals surface area contributed by atoms with Gasteiger partial charge in [-0.05, 0) is 37.8 Å². The predicted molar refractivity (Wildman–Crippen MR) is 59.0 cm³/mol. The van der Waals surface area contributed by atoms with Crippen LogP contribution in [0.2, 0.25) is 0 Å². The summed E-state index contributed by atoms with van der Waals surface area (Å²) >= 11 is 0. The molecule has 0 aromatic rings. The molecule has 2 nitrogen and oxygen atoms in total. The van der Waals surface area contributed by atoms with E-state index >= 15 is 0 Å². The van der Waals surface area contributed by atoms with Crippen LogP contribution in [-0.2, 0) is 4.79 Å². The summed E-state index contributed by atoms with van der Waals surface area (Å²) in [6.07, 6.45) is 10.2. The lowest BCUT2D eigenvalue weighted by molar-refractivity contribution is -0.104. The maximum Gasteiger partial charge on any atom is 0.142 e. The van der Waals surface area contributed by atoms with E-state index in [2.05, 4.69) is 13.2 Å². The second kappa shape index (κ2) is 7.27. The lowest BCUT2D eigenvalue weighted by Gasteiger charge is -2.19. The van der Waals surface area contributed by atoms with Crippen molar-refractivity contribution in [2.45, 2.75) is 31.3 Å². The molecule has 2 heteroatoms. The van der Waals surface area contributed by atoms with Crippen LogP contribution in [0.3, 0.4) is 0 Å². The summed E-state index contributed by atoms with van der Waals surface area (Å²) in [5.74, 6) is 0. The molecule has 1 N–H and O–H groups in total. The van der Waals surface area contributed by atoms with E-state index in [4.69, 9.17) is 0 Å². The Morgan fingerprint density at radius 3 is 2.50 bits per heavy atom. The molecule has 0 amide bonds. The zero-order valence-corrected chi connectivity index (χ0v) is 8.48. The molecule has 0 fully saturated rings. The van der Waals surface area contributed by atoms with Gasteiger partial charge in [-0.25, -0.2) is 0 Å². The van der Waals surface area contributed by atoms with E-state index in [1.165, 1.54) is 18.2 Å². The molecule has 0 aliphatic heterocycles. The van der Waals surface area contributed by atoms with E-state index in [1.807, 2.05) is 6.08 Å². The second-order valence-electron chi connectivity index (χ2n) is 3.23. The van der Waals surface area contributed by atoms with Gasteiger partial charge in [0.25, 0.3) is 0 Å². The normalized spacial score (nSPS) is 14.9. The van der Waals surface area contributed by atoms with Crippen molar-refractivity contribution in [1.82, 2.24) is 0 Å². The Bertz CT molecular complexity index is 218. The Balaban J connectivity index is 3.98. The summed E-state index contributed by atoms with van der Waals surface area (Å²) in [6, 6.07) is 0. The minimum absolute atomic E-state index is 0.592. The summed E-state index contributed by atoms with van der Waals surface area (Å²) in [7, 11) is 0. The molecule has 0 aromatic heterocycles. The number of rotatable bonds is 8. The van der Waals surface area contributed by atoms with Crippen LogP contribution in [-0.4, -0.2) is 17.0 Å². The summed E-state index contributed by atoms with van der Waals surface area (Å²) < 4.78 is 0. The highest BCUT2D eigenvalue weighted by atomic mass is 16.3. The quantitative estimate of drug-likeness (QED) is 0.279. The first kappa shape index (κ1) is 12.8. The molecule has 0 bridgehead atoms. The molecule has 0 aliphatic carbocycles. The molecule has 0 heterocycles. The molecule has 0 saturated heterocycles. The van der Waals surface area contributed by atoms with E-state index < -0.39 is 5.60 Å². The van der Waals surface area contributed by atoms with Crippen molar-refractivity contribution in [3.05, 3.63) is 37.5 Å². The summed E-state index contributed by atoms with van der Waals surface area (Å²) in [5.41, 5.74) is -1.04. The number of aldehydes is 1.